The number of thiocarbonyl (C=S) groups is 1. The molecule has 122 valence electrons. The van der Waals surface area contributed by atoms with Gasteiger partial charge in [0.2, 0.25) is 0 Å². The molecule has 2 aliphatic heterocycles. The van der Waals surface area contributed by atoms with E-state index < -0.39 is 0 Å². The van der Waals surface area contributed by atoms with Gasteiger partial charge in [0.25, 0.3) is 5.91 Å². The van der Waals surface area contributed by atoms with Crippen molar-refractivity contribution in [1.29, 1.82) is 0 Å². The number of nitrogens with one attached hydrogen (secondary N) is 1. The Labute approximate surface area is 147 Å². The number of fused-ring (bicyclic) bond motifs is 1. The molecule has 3 rings (SSSR count). The second-order valence-corrected chi connectivity index (χ2v) is 8.82. The van der Waals surface area contributed by atoms with Crippen molar-refractivity contribution in [3.63, 3.8) is 0 Å². The van der Waals surface area contributed by atoms with Crippen molar-refractivity contribution in [1.82, 2.24) is 5.32 Å². The Hall–Kier alpha value is -1.33. The molecule has 1 amide bonds. The predicted molar refractivity (Wildman–Crippen MR) is 103 cm³/mol. The molecule has 1 aromatic rings. The summed E-state index contributed by atoms with van der Waals surface area (Å²) < 4.78 is 0.534. The SMILES string of the molecule is Cc1cc2c(cc1/C=C1/SC(=S)NC1=O)C(C)CC(C)(C)N2C. The Balaban J connectivity index is 2.06. The zero-order chi connectivity index (χ0) is 16.9. The van der Waals surface area contributed by atoms with Crippen molar-refractivity contribution >= 4 is 46.0 Å². The molecule has 2 heterocycles. The van der Waals surface area contributed by atoms with E-state index in [0.29, 0.717) is 15.1 Å². The molecular formula is C18H22N2OS2. The van der Waals surface area contributed by atoms with Crippen LogP contribution >= 0.6 is 24.0 Å². The first-order chi connectivity index (χ1) is 10.7. The summed E-state index contributed by atoms with van der Waals surface area (Å²) >= 11 is 6.40. The highest BCUT2D eigenvalue weighted by Crippen LogP contribution is 2.43. The lowest BCUT2D eigenvalue weighted by Gasteiger charge is -2.45. The highest BCUT2D eigenvalue weighted by atomic mass is 32.2. The molecule has 1 fully saturated rings. The lowest BCUT2D eigenvalue weighted by molar-refractivity contribution is -0.115. The summed E-state index contributed by atoms with van der Waals surface area (Å²) in [6.07, 6.45) is 3.08. The van der Waals surface area contributed by atoms with Gasteiger partial charge in [0, 0.05) is 18.3 Å². The van der Waals surface area contributed by atoms with E-state index >= 15 is 0 Å². The first-order valence-electron chi connectivity index (χ1n) is 7.82. The monoisotopic (exact) mass is 346 g/mol. The van der Waals surface area contributed by atoms with Crippen molar-refractivity contribution in [2.45, 2.75) is 45.6 Å². The van der Waals surface area contributed by atoms with Crippen LogP contribution in [-0.2, 0) is 4.79 Å². The lowest BCUT2D eigenvalue weighted by atomic mass is 9.79. The van der Waals surface area contributed by atoms with E-state index in [1.807, 2.05) is 6.08 Å². The average molecular weight is 347 g/mol. The number of anilines is 1. The molecule has 1 unspecified atom stereocenters. The molecule has 0 aromatic heterocycles. The number of aryl methyl sites for hydroxylation is 1. The topological polar surface area (TPSA) is 32.3 Å². The van der Waals surface area contributed by atoms with Crippen LogP contribution in [0.25, 0.3) is 6.08 Å². The van der Waals surface area contributed by atoms with E-state index in [0.717, 1.165) is 12.0 Å². The van der Waals surface area contributed by atoms with Crippen LogP contribution in [-0.4, -0.2) is 22.8 Å². The Morgan fingerprint density at radius 1 is 1.43 bits per heavy atom. The van der Waals surface area contributed by atoms with Gasteiger partial charge in [-0.2, -0.15) is 0 Å². The van der Waals surface area contributed by atoms with Crippen LogP contribution in [0.5, 0.6) is 0 Å². The number of carbonyl (C=O) groups is 1. The molecule has 1 saturated heterocycles. The molecule has 23 heavy (non-hydrogen) atoms. The molecule has 0 aliphatic carbocycles. The van der Waals surface area contributed by atoms with Gasteiger partial charge in [-0.1, -0.05) is 30.9 Å². The van der Waals surface area contributed by atoms with E-state index in [1.54, 1.807) is 0 Å². The van der Waals surface area contributed by atoms with Crippen LogP contribution in [0.2, 0.25) is 0 Å². The number of benzene rings is 1. The summed E-state index contributed by atoms with van der Waals surface area (Å²) in [5, 5.41) is 2.67. The summed E-state index contributed by atoms with van der Waals surface area (Å²) in [5.41, 5.74) is 5.10. The number of carbonyl (C=O) groups excluding carboxylic acids is 1. The van der Waals surface area contributed by atoms with Gasteiger partial charge in [-0.3, -0.25) is 4.79 Å². The molecule has 2 aliphatic rings. The van der Waals surface area contributed by atoms with Crippen molar-refractivity contribution in [3.05, 3.63) is 33.7 Å². The van der Waals surface area contributed by atoms with E-state index in [2.05, 4.69) is 57.1 Å². The van der Waals surface area contributed by atoms with Gasteiger partial charge < -0.3 is 10.2 Å². The van der Waals surface area contributed by atoms with Crippen LogP contribution < -0.4 is 10.2 Å². The van der Waals surface area contributed by atoms with Gasteiger partial charge in [-0.15, -0.1) is 0 Å². The molecule has 3 nitrogen and oxygen atoms in total. The highest BCUT2D eigenvalue weighted by Gasteiger charge is 2.34. The van der Waals surface area contributed by atoms with Gasteiger partial charge in [0.05, 0.1) is 4.91 Å². The molecule has 5 heteroatoms. The van der Waals surface area contributed by atoms with Gasteiger partial charge in [-0.25, -0.2) is 0 Å². The quantitative estimate of drug-likeness (QED) is 0.610. The standard InChI is InChI=1S/C18H22N2OS2/c1-10-6-14-13(11(2)9-18(3,4)20(14)5)7-12(10)8-15-16(21)19-17(22)23-15/h6-8,11H,9H2,1-5H3,(H,19,21,22)/b15-8+. The molecule has 1 aromatic carbocycles. The number of thioether (sulfide) groups is 1. The Morgan fingerprint density at radius 2 is 2.13 bits per heavy atom. The number of nitrogens with zero attached hydrogens (tertiary/aromatic N) is 1. The minimum Gasteiger partial charge on any atom is -0.369 e. The third kappa shape index (κ3) is 2.92. The molecule has 1 atom stereocenters. The minimum absolute atomic E-state index is 0.0941. The summed E-state index contributed by atoms with van der Waals surface area (Å²) in [6.45, 7) is 8.96. The smallest absolute Gasteiger partial charge is 0.263 e. The fourth-order valence-corrected chi connectivity index (χ4v) is 4.49. The van der Waals surface area contributed by atoms with Crippen LogP contribution in [0, 0.1) is 6.92 Å². The number of hydrogen-bond acceptors (Lipinski definition) is 4. The third-order valence-electron chi connectivity index (χ3n) is 4.95. The van der Waals surface area contributed by atoms with E-state index in [-0.39, 0.29) is 11.4 Å². The van der Waals surface area contributed by atoms with Crippen LogP contribution in [0.15, 0.2) is 17.0 Å². The zero-order valence-corrected chi connectivity index (χ0v) is 15.8. The van der Waals surface area contributed by atoms with E-state index in [1.165, 1.54) is 28.6 Å². The summed E-state index contributed by atoms with van der Waals surface area (Å²) in [4.78, 5) is 14.9. The summed E-state index contributed by atoms with van der Waals surface area (Å²) in [5.74, 6) is 0.406. The minimum atomic E-state index is -0.0941. The number of hydrogen-bond donors (Lipinski definition) is 1. The van der Waals surface area contributed by atoms with E-state index in [4.69, 9.17) is 12.2 Å². The molecule has 1 N–H and O–H groups in total. The van der Waals surface area contributed by atoms with Crippen molar-refractivity contribution in [3.8, 4) is 0 Å². The van der Waals surface area contributed by atoms with Gasteiger partial charge in [0.1, 0.15) is 4.32 Å². The molecule has 0 bridgehead atoms. The molecule has 0 spiro atoms. The highest BCUT2D eigenvalue weighted by molar-refractivity contribution is 8.26. The molecule has 0 saturated carbocycles. The second kappa shape index (κ2) is 5.64. The normalized spacial score (nSPS) is 24.8. The van der Waals surface area contributed by atoms with Crippen LogP contribution in [0.4, 0.5) is 5.69 Å². The first-order valence-corrected chi connectivity index (χ1v) is 9.05. The maximum atomic E-state index is 11.9. The molecule has 0 radical (unpaired) electrons. The lowest BCUT2D eigenvalue weighted by Crippen LogP contribution is -2.45. The largest absolute Gasteiger partial charge is 0.369 e. The van der Waals surface area contributed by atoms with Gasteiger partial charge in [0.15, 0.2) is 0 Å². The fraction of sp³-hybridized carbons (Fsp3) is 0.444. The number of amides is 1. The first kappa shape index (κ1) is 16.5. The maximum Gasteiger partial charge on any atom is 0.263 e. The summed E-state index contributed by atoms with van der Waals surface area (Å²) in [7, 11) is 2.17. The Morgan fingerprint density at radius 3 is 2.74 bits per heavy atom. The zero-order valence-electron chi connectivity index (χ0n) is 14.2. The average Bonchev–Trinajstić information content (AvgIpc) is 2.76. The Bertz CT molecular complexity index is 737. The summed E-state index contributed by atoms with van der Waals surface area (Å²) in [6, 6.07) is 4.48. The van der Waals surface area contributed by atoms with Gasteiger partial charge in [-0.05, 0) is 68.0 Å². The van der Waals surface area contributed by atoms with E-state index in [9.17, 15) is 4.79 Å². The third-order valence-corrected chi connectivity index (χ3v) is 6.11. The molecular weight excluding hydrogens is 324 g/mol. The van der Waals surface area contributed by atoms with Crippen LogP contribution in [0.3, 0.4) is 0 Å². The van der Waals surface area contributed by atoms with Crippen molar-refractivity contribution in [2.75, 3.05) is 11.9 Å². The number of rotatable bonds is 1. The van der Waals surface area contributed by atoms with Crippen molar-refractivity contribution < 1.29 is 4.79 Å². The van der Waals surface area contributed by atoms with Crippen molar-refractivity contribution in [2.24, 2.45) is 0 Å². The maximum absolute atomic E-state index is 11.9. The Kier molecular flexibility index (Phi) is 4.05. The fourth-order valence-electron chi connectivity index (χ4n) is 3.45. The predicted octanol–water partition coefficient (Wildman–Crippen LogP) is 4.21. The van der Waals surface area contributed by atoms with Gasteiger partial charge >= 0.3 is 0 Å². The van der Waals surface area contributed by atoms with Crippen LogP contribution in [0.1, 0.15) is 49.8 Å². The second-order valence-electron chi connectivity index (χ2n) is 7.10.